The van der Waals surface area contributed by atoms with Gasteiger partial charge in [0.1, 0.15) is 6.04 Å². The SMILES string of the molecule is Cc1ccccc1C[C@@H](NC(=O)C12CC3CC(CC(C3)C1)C2)C(N)=O. The van der Waals surface area contributed by atoms with Crippen LogP contribution in [0.4, 0.5) is 0 Å². The second kappa shape index (κ2) is 6.15. The summed E-state index contributed by atoms with van der Waals surface area (Å²) in [6.07, 6.45) is 7.38. The predicted molar refractivity (Wildman–Crippen MR) is 96.6 cm³/mol. The minimum absolute atomic E-state index is 0.0731. The quantitative estimate of drug-likeness (QED) is 0.865. The van der Waals surface area contributed by atoms with E-state index in [-0.39, 0.29) is 11.3 Å². The normalized spacial score (nSPS) is 33.9. The molecule has 4 nitrogen and oxygen atoms in total. The highest BCUT2D eigenvalue weighted by Gasteiger charge is 2.54. The lowest BCUT2D eigenvalue weighted by molar-refractivity contribution is -0.148. The van der Waals surface area contributed by atoms with Crippen molar-refractivity contribution < 1.29 is 9.59 Å². The zero-order chi connectivity index (χ0) is 17.6. The van der Waals surface area contributed by atoms with Gasteiger partial charge in [-0.3, -0.25) is 9.59 Å². The van der Waals surface area contributed by atoms with Gasteiger partial charge < -0.3 is 11.1 Å². The molecule has 4 aliphatic carbocycles. The van der Waals surface area contributed by atoms with E-state index in [1.54, 1.807) is 0 Å². The number of carbonyl (C=O) groups is 2. The molecule has 4 aliphatic rings. The molecular formula is C21H28N2O2. The van der Waals surface area contributed by atoms with Crippen LogP contribution in [0.2, 0.25) is 0 Å². The summed E-state index contributed by atoms with van der Waals surface area (Å²) in [5.74, 6) is 1.76. The van der Waals surface area contributed by atoms with Crippen molar-refractivity contribution in [3.05, 3.63) is 35.4 Å². The lowest BCUT2D eigenvalue weighted by Crippen LogP contribution is -2.57. The number of rotatable bonds is 5. The number of hydrogen-bond acceptors (Lipinski definition) is 2. The Morgan fingerprint density at radius 2 is 1.68 bits per heavy atom. The molecular weight excluding hydrogens is 312 g/mol. The van der Waals surface area contributed by atoms with Gasteiger partial charge in [0.25, 0.3) is 0 Å². The average Bonchev–Trinajstić information content (AvgIpc) is 2.54. The first-order valence-electron chi connectivity index (χ1n) is 9.60. The van der Waals surface area contributed by atoms with Crippen molar-refractivity contribution in [1.29, 1.82) is 0 Å². The van der Waals surface area contributed by atoms with Gasteiger partial charge in [-0.15, -0.1) is 0 Å². The average molecular weight is 340 g/mol. The van der Waals surface area contributed by atoms with Crippen molar-refractivity contribution in [3.63, 3.8) is 0 Å². The Morgan fingerprint density at radius 1 is 1.12 bits per heavy atom. The van der Waals surface area contributed by atoms with Gasteiger partial charge in [0.05, 0.1) is 0 Å². The van der Waals surface area contributed by atoms with E-state index < -0.39 is 11.9 Å². The maximum absolute atomic E-state index is 13.2. The van der Waals surface area contributed by atoms with Crippen LogP contribution in [0.3, 0.4) is 0 Å². The number of nitrogens with two attached hydrogens (primary N) is 1. The molecule has 2 amide bonds. The number of amides is 2. The molecule has 5 rings (SSSR count). The Bertz CT molecular complexity index is 662. The number of carbonyl (C=O) groups excluding carboxylic acids is 2. The van der Waals surface area contributed by atoms with Gasteiger partial charge in [-0.2, -0.15) is 0 Å². The summed E-state index contributed by atoms with van der Waals surface area (Å²) in [6, 6.07) is 7.34. The van der Waals surface area contributed by atoms with Gasteiger partial charge in [-0.1, -0.05) is 24.3 Å². The standard InChI is InChI=1S/C21H28N2O2/c1-13-4-2-3-5-17(13)9-18(19(22)24)23-20(25)21-10-14-6-15(11-21)8-16(7-14)12-21/h2-5,14-16,18H,6-12H2,1H3,(H2,22,24)(H,23,25)/t14?,15?,16?,18-,21?/m1/s1. The molecule has 134 valence electrons. The van der Waals surface area contributed by atoms with Crippen molar-refractivity contribution >= 4 is 11.8 Å². The first-order chi connectivity index (χ1) is 11.9. The molecule has 1 aromatic rings. The molecule has 0 aliphatic heterocycles. The molecule has 0 unspecified atom stereocenters. The first-order valence-corrected chi connectivity index (χ1v) is 9.60. The topological polar surface area (TPSA) is 72.2 Å². The third kappa shape index (κ3) is 3.07. The zero-order valence-corrected chi connectivity index (χ0v) is 15.0. The molecule has 0 aromatic heterocycles. The summed E-state index contributed by atoms with van der Waals surface area (Å²) in [6.45, 7) is 2.02. The van der Waals surface area contributed by atoms with Gasteiger partial charge in [0.2, 0.25) is 11.8 Å². The summed E-state index contributed by atoms with van der Waals surface area (Å²) < 4.78 is 0. The van der Waals surface area contributed by atoms with Crippen molar-refractivity contribution in [2.45, 2.75) is 57.9 Å². The fraction of sp³-hybridized carbons (Fsp3) is 0.619. The van der Waals surface area contributed by atoms with Crippen LogP contribution in [0.1, 0.15) is 49.7 Å². The number of aryl methyl sites for hydroxylation is 1. The third-order valence-corrected chi connectivity index (χ3v) is 6.85. The molecule has 25 heavy (non-hydrogen) atoms. The molecule has 4 saturated carbocycles. The summed E-state index contributed by atoms with van der Waals surface area (Å²) in [7, 11) is 0. The second-order valence-electron chi connectivity index (χ2n) is 8.76. The van der Waals surface area contributed by atoms with Crippen molar-refractivity contribution in [3.8, 4) is 0 Å². The van der Waals surface area contributed by atoms with E-state index in [1.807, 2.05) is 31.2 Å². The number of primary amides is 1. The fourth-order valence-corrected chi connectivity index (χ4v) is 5.98. The van der Waals surface area contributed by atoms with Gasteiger partial charge in [-0.05, 0) is 74.3 Å². The van der Waals surface area contributed by atoms with Crippen molar-refractivity contribution in [2.24, 2.45) is 28.9 Å². The van der Waals surface area contributed by atoms with Gasteiger partial charge in [0.15, 0.2) is 0 Å². The van der Waals surface area contributed by atoms with Gasteiger partial charge in [-0.25, -0.2) is 0 Å². The number of nitrogens with one attached hydrogen (secondary N) is 1. The minimum Gasteiger partial charge on any atom is -0.368 e. The summed E-state index contributed by atoms with van der Waals surface area (Å²) in [4.78, 5) is 25.2. The van der Waals surface area contributed by atoms with E-state index >= 15 is 0 Å². The summed E-state index contributed by atoms with van der Waals surface area (Å²) >= 11 is 0. The molecule has 1 atom stereocenters. The monoisotopic (exact) mass is 340 g/mol. The van der Waals surface area contributed by atoms with Crippen LogP contribution in [-0.4, -0.2) is 17.9 Å². The first kappa shape index (κ1) is 16.6. The van der Waals surface area contributed by atoms with E-state index in [9.17, 15) is 9.59 Å². The van der Waals surface area contributed by atoms with Gasteiger partial charge >= 0.3 is 0 Å². The molecule has 0 spiro atoms. The molecule has 4 bridgehead atoms. The maximum Gasteiger partial charge on any atom is 0.240 e. The van der Waals surface area contributed by atoms with Crippen LogP contribution in [0.25, 0.3) is 0 Å². The van der Waals surface area contributed by atoms with Crippen molar-refractivity contribution in [1.82, 2.24) is 5.32 Å². The number of benzene rings is 1. The smallest absolute Gasteiger partial charge is 0.240 e. The molecule has 4 fully saturated rings. The molecule has 4 heteroatoms. The van der Waals surface area contributed by atoms with E-state index in [0.717, 1.165) is 30.4 Å². The Labute approximate surface area is 149 Å². The summed E-state index contributed by atoms with van der Waals surface area (Å²) in [5.41, 5.74) is 7.57. The van der Waals surface area contributed by atoms with Gasteiger partial charge in [0, 0.05) is 11.8 Å². The second-order valence-corrected chi connectivity index (χ2v) is 8.76. The summed E-state index contributed by atoms with van der Waals surface area (Å²) in [5, 5.41) is 3.04. The Hall–Kier alpha value is -1.84. The van der Waals surface area contributed by atoms with Crippen molar-refractivity contribution in [2.75, 3.05) is 0 Å². The molecule has 0 heterocycles. The largest absolute Gasteiger partial charge is 0.368 e. The third-order valence-electron chi connectivity index (χ3n) is 6.85. The molecule has 3 N–H and O–H groups in total. The van der Waals surface area contributed by atoms with E-state index in [1.165, 1.54) is 19.3 Å². The van der Waals surface area contributed by atoms with Crippen LogP contribution >= 0.6 is 0 Å². The van der Waals surface area contributed by atoms with Crippen LogP contribution in [-0.2, 0) is 16.0 Å². The highest BCUT2D eigenvalue weighted by molar-refractivity contribution is 5.90. The molecule has 0 saturated heterocycles. The van der Waals surface area contributed by atoms with Crippen LogP contribution in [0, 0.1) is 30.1 Å². The number of hydrogen-bond donors (Lipinski definition) is 2. The maximum atomic E-state index is 13.2. The molecule has 0 radical (unpaired) electrons. The van der Waals surface area contributed by atoms with Crippen LogP contribution in [0.15, 0.2) is 24.3 Å². The van der Waals surface area contributed by atoms with E-state index in [4.69, 9.17) is 5.73 Å². The lowest BCUT2D eigenvalue weighted by Gasteiger charge is -2.55. The van der Waals surface area contributed by atoms with Crippen LogP contribution < -0.4 is 11.1 Å². The zero-order valence-electron chi connectivity index (χ0n) is 15.0. The van der Waals surface area contributed by atoms with E-state index in [2.05, 4.69) is 5.32 Å². The van der Waals surface area contributed by atoms with E-state index in [0.29, 0.717) is 24.2 Å². The molecule has 1 aromatic carbocycles. The minimum atomic E-state index is -0.624. The predicted octanol–water partition coefficient (Wildman–Crippen LogP) is 2.72. The highest BCUT2D eigenvalue weighted by Crippen LogP contribution is 2.60. The highest BCUT2D eigenvalue weighted by atomic mass is 16.2. The Balaban J connectivity index is 1.50. The van der Waals surface area contributed by atoms with Crippen LogP contribution in [0.5, 0.6) is 0 Å². The lowest BCUT2D eigenvalue weighted by atomic mass is 9.49. The Kier molecular flexibility index (Phi) is 4.09. The fourth-order valence-electron chi connectivity index (χ4n) is 5.98. The Morgan fingerprint density at radius 3 is 2.20 bits per heavy atom.